The Morgan fingerprint density at radius 2 is 1.72 bits per heavy atom. The van der Waals surface area contributed by atoms with Crippen molar-refractivity contribution in [3.8, 4) is 11.5 Å². The fraction of sp³-hybridized carbons (Fsp3) is 0.125. The van der Waals surface area contributed by atoms with Crippen LogP contribution in [0.5, 0.6) is 11.5 Å². The first-order valence-corrected chi connectivity index (χ1v) is 9.50. The number of para-hydroxylation sites is 2. The van der Waals surface area contributed by atoms with Gasteiger partial charge in [-0.15, -0.1) is 0 Å². The molecule has 0 unspecified atom stereocenters. The van der Waals surface area contributed by atoms with Crippen LogP contribution in [0.2, 0.25) is 0 Å². The molecule has 0 fully saturated rings. The number of hydrogen-bond donors (Lipinski definition) is 2. The van der Waals surface area contributed by atoms with Gasteiger partial charge in [0.1, 0.15) is 23.6 Å². The number of pyridine rings is 1. The minimum Gasteiger partial charge on any atom is -0.496 e. The molecule has 4 aromatic rings. The molecule has 0 saturated carbocycles. The number of hydrazine groups is 1. The third-order valence-corrected chi connectivity index (χ3v) is 4.62. The van der Waals surface area contributed by atoms with E-state index in [1.807, 2.05) is 72.8 Å². The minimum atomic E-state index is 0.402. The highest BCUT2D eigenvalue weighted by atomic mass is 16.5. The van der Waals surface area contributed by atoms with Crippen LogP contribution >= 0.6 is 0 Å². The van der Waals surface area contributed by atoms with Crippen molar-refractivity contribution in [2.75, 3.05) is 12.5 Å². The van der Waals surface area contributed by atoms with Gasteiger partial charge in [0, 0.05) is 29.4 Å². The van der Waals surface area contributed by atoms with Crippen LogP contribution in [0.3, 0.4) is 0 Å². The second kappa shape index (κ2) is 9.08. The molecule has 0 aliphatic carbocycles. The Morgan fingerprint density at radius 1 is 0.862 bits per heavy atom. The Bertz CT molecular complexity index is 1080. The zero-order valence-electron chi connectivity index (χ0n) is 16.3. The van der Waals surface area contributed by atoms with Gasteiger partial charge in [-0.25, -0.2) is 5.43 Å². The Morgan fingerprint density at radius 3 is 2.59 bits per heavy atom. The molecule has 146 valence electrons. The zero-order valence-corrected chi connectivity index (χ0v) is 16.3. The Balaban J connectivity index is 1.45. The fourth-order valence-corrected chi connectivity index (χ4v) is 3.17. The quantitative estimate of drug-likeness (QED) is 0.421. The first kappa shape index (κ1) is 18.8. The van der Waals surface area contributed by atoms with E-state index >= 15 is 0 Å². The van der Waals surface area contributed by atoms with Crippen molar-refractivity contribution in [3.05, 3.63) is 96.2 Å². The molecule has 0 radical (unpaired) electrons. The molecule has 29 heavy (non-hydrogen) atoms. The van der Waals surface area contributed by atoms with Gasteiger partial charge in [-0.05, 0) is 42.0 Å². The van der Waals surface area contributed by atoms with Crippen LogP contribution in [0.1, 0.15) is 11.1 Å². The van der Waals surface area contributed by atoms with Gasteiger partial charge in [0.15, 0.2) is 0 Å². The Labute approximate surface area is 170 Å². The topological polar surface area (TPSA) is 55.4 Å². The number of ether oxygens (including phenoxy) is 2. The largest absolute Gasteiger partial charge is 0.496 e. The van der Waals surface area contributed by atoms with E-state index < -0.39 is 0 Å². The van der Waals surface area contributed by atoms with Crippen molar-refractivity contribution in [2.24, 2.45) is 0 Å². The fourth-order valence-electron chi connectivity index (χ4n) is 3.17. The SMILES string of the molecule is COc1ccc(CNNc2ccccc2)cc1COc1cccc2cccnc12. The van der Waals surface area contributed by atoms with E-state index in [2.05, 4.69) is 21.9 Å². The molecule has 0 aliphatic rings. The number of nitrogens with one attached hydrogen (secondary N) is 2. The van der Waals surface area contributed by atoms with Gasteiger partial charge < -0.3 is 14.9 Å². The number of aromatic nitrogens is 1. The highest BCUT2D eigenvalue weighted by Crippen LogP contribution is 2.26. The van der Waals surface area contributed by atoms with Gasteiger partial charge in [0.05, 0.1) is 7.11 Å². The van der Waals surface area contributed by atoms with Crippen molar-refractivity contribution in [2.45, 2.75) is 13.2 Å². The molecule has 4 rings (SSSR count). The Hall–Kier alpha value is -3.57. The van der Waals surface area contributed by atoms with E-state index in [9.17, 15) is 0 Å². The van der Waals surface area contributed by atoms with Crippen molar-refractivity contribution in [1.29, 1.82) is 0 Å². The summed E-state index contributed by atoms with van der Waals surface area (Å²) in [7, 11) is 1.67. The van der Waals surface area contributed by atoms with Crippen LogP contribution in [0.15, 0.2) is 85.1 Å². The van der Waals surface area contributed by atoms with Crippen LogP contribution in [0.4, 0.5) is 5.69 Å². The standard InChI is InChI=1S/C24H23N3O2/c1-28-22-13-12-18(16-26-27-21-9-3-2-4-10-21)15-20(22)17-29-23-11-5-7-19-8-6-14-25-24(19)23/h2-15,26-27H,16-17H2,1H3. The highest BCUT2D eigenvalue weighted by molar-refractivity contribution is 5.84. The normalized spacial score (nSPS) is 10.7. The lowest BCUT2D eigenvalue weighted by Gasteiger charge is -2.14. The van der Waals surface area contributed by atoms with E-state index in [0.717, 1.165) is 39.2 Å². The number of rotatable bonds is 8. The molecule has 0 saturated heterocycles. The lowest BCUT2D eigenvalue weighted by atomic mass is 10.1. The van der Waals surface area contributed by atoms with Gasteiger partial charge in [-0.2, -0.15) is 0 Å². The summed E-state index contributed by atoms with van der Waals surface area (Å²) in [5.41, 5.74) is 10.4. The summed E-state index contributed by atoms with van der Waals surface area (Å²) in [5.74, 6) is 1.57. The van der Waals surface area contributed by atoms with Crippen LogP contribution in [0.25, 0.3) is 10.9 Å². The predicted octanol–water partition coefficient (Wildman–Crippen LogP) is 4.94. The number of benzene rings is 3. The summed E-state index contributed by atoms with van der Waals surface area (Å²) in [5, 5.41) is 1.06. The second-order valence-corrected chi connectivity index (χ2v) is 6.61. The lowest BCUT2D eigenvalue weighted by molar-refractivity contribution is 0.299. The van der Waals surface area contributed by atoms with Crippen molar-refractivity contribution in [1.82, 2.24) is 10.4 Å². The third kappa shape index (κ3) is 4.65. The van der Waals surface area contributed by atoms with Crippen LogP contribution in [-0.2, 0) is 13.2 Å². The van der Waals surface area contributed by atoms with Crippen LogP contribution in [-0.4, -0.2) is 12.1 Å². The number of fused-ring (bicyclic) bond motifs is 1. The second-order valence-electron chi connectivity index (χ2n) is 6.61. The van der Waals surface area contributed by atoms with Crippen molar-refractivity contribution >= 4 is 16.6 Å². The molecule has 0 amide bonds. The van der Waals surface area contributed by atoms with Gasteiger partial charge in [0.2, 0.25) is 0 Å². The van der Waals surface area contributed by atoms with Crippen LogP contribution in [0, 0.1) is 0 Å². The number of nitrogens with zero attached hydrogens (tertiary/aromatic N) is 1. The van der Waals surface area contributed by atoms with Crippen LogP contribution < -0.4 is 20.3 Å². The maximum atomic E-state index is 6.10. The molecule has 1 heterocycles. The Kier molecular flexibility index (Phi) is 5.88. The summed E-state index contributed by atoms with van der Waals surface area (Å²) in [6.07, 6.45) is 1.78. The summed E-state index contributed by atoms with van der Waals surface area (Å²) in [6, 6.07) is 26.0. The molecule has 0 aliphatic heterocycles. The van der Waals surface area contributed by atoms with Gasteiger partial charge in [0.25, 0.3) is 0 Å². The molecule has 1 aromatic heterocycles. The number of methoxy groups -OCH3 is 1. The average Bonchev–Trinajstić information content (AvgIpc) is 2.78. The first-order chi connectivity index (χ1) is 14.3. The molecular formula is C24H23N3O2. The van der Waals surface area contributed by atoms with Gasteiger partial charge in [-0.3, -0.25) is 4.98 Å². The smallest absolute Gasteiger partial charge is 0.146 e. The minimum absolute atomic E-state index is 0.402. The maximum Gasteiger partial charge on any atom is 0.146 e. The average molecular weight is 385 g/mol. The molecule has 0 bridgehead atoms. The summed E-state index contributed by atoms with van der Waals surface area (Å²) in [6.45, 7) is 1.07. The predicted molar refractivity (Wildman–Crippen MR) is 116 cm³/mol. The molecule has 5 nitrogen and oxygen atoms in total. The maximum absolute atomic E-state index is 6.10. The summed E-state index contributed by atoms with van der Waals surface area (Å²) < 4.78 is 11.6. The molecule has 3 aromatic carbocycles. The van der Waals surface area contributed by atoms with Gasteiger partial charge >= 0.3 is 0 Å². The third-order valence-electron chi connectivity index (χ3n) is 4.62. The molecule has 5 heteroatoms. The summed E-state index contributed by atoms with van der Waals surface area (Å²) in [4.78, 5) is 4.45. The first-order valence-electron chi connectivity index (χ1n) is 9.50. The summed E-state index contributed by atoms with van der Waals surface area (Å²) >= 11 is 0. The van der Waals surface area contributed by atoms with Gasteiger partial charge in [-0.1, -0.05) is 42.5 Å². The highest BCUT2D eigenvalue weighted by Gasteiger charge is 2.08. The molecular weight excluding hydrogens is 362 g/mol. The van der Waals surface area contributed by atoms with E-state index in [-0.39, 0.29) is 0 Å². The van der Waals surface area contributed by atoms with E-state index in [1.165, 1.54) is 0 Å². The molecule has 2 N–H and O–H groups in total. The van der Waals surface area contributed by atoms with E-state index in [1.54, 1.807) is 13.3 Å². The number of anilines is 1. The number of hydrogen-bond acceptors (Lipinski definition) is 5. The van der Waals surface area contributed by atoms with E-state index in [4.69, 9.17) is 9.47 Å². The lowest BCUT2D eigenvalue weighted by Crippen LogP contribution is -2.20. The molecule has 0 atom stereocenters. The van der Waals surface area contributed by atoms with E-state index in [0.29, 0.717) is 13.2 Å². The van der Waals surface area contributed by atoms with Crippen molar-refractivity contribution in [3.63, 3.8) is 0 Å². The molecule has 0 spiro atoms. The monoisotopic (exact) mass is 385 g/mol. The zero-order chi connectivity index (χ0) is 19.9. The van der Waals surface area contributed by atoms with Crippen molar-refractivity contribution < 1.29 is 9.47 Å².